The number of carbonyl (C=O) groups is 1. The largest absolute Gasteiger partial charge is 0.494 e. The highest BCUT2D eigenvalue weighted by molar-refractivity contribution is 7.92. The summed E-state index contributed by atoms with van der Waals surface area (Å²) in [6.45, 7) is 1.73. The first kappa shape index (κ1) is 17.8. The Labute approximate surface area is 140 Å². The van der Waals surface area contributed by atoms with Crippen LogP contribution in [-0.2, 0) is 16.6 Å². The highest BCUT2D eigenvalue weighted by Gasteiger charge is 2.14. The Morgan fingerprint density at radius 3 is 2.67 bits per heavy atom. The summed E-state index contributed by atoms with van der Waals surface area (Å²) in [6.07, 6.45) is 1.32. The van der Waals surface area contributed by atoms with Gasteiger partial charge in [0.05, 0.1) is 30.7 Å². The van der Waals surface area contributed by atoms with Gasteiger partial charge in [-0.25, -0.2) is 8.42 Å². The molecule has 0 atom stereocenters. The monoisotopic (exact) mass is 353 g/mol. The normalized spacial score (nSPS) is 11.1. The third kappa shape index (κ3) is 4.27. The van der Waals surface area contributed by atoms with Crippen molar-refractivity contribution in [3.05, 3.63) is 41.9 Å². The Bertz CT molecular complexity index is 829. The number of methoxy groups -OCH3 is 1. The average Bonchev–Trinajstić information content (AvgIpc) is 3.05. The fourth-order valence-electron chi connectivity index (χ4n) is 1.90. The van der Waals surface area contributed by atoms with Crippen molar-refractivity contribution < 1.29 is 22.4 Å². The van der Waals surface area contributed by atoms with Crippen molar-refractivity contribution in [1.29, 1.82) is 0 Å². The summed E-state index contributed by atoms with van der Waals surface area (Å²) < 4.78 is 36.0. The molecule has 9 heteroatoms. The second kappa shape index (κ2) is 7.37. The third-order valence-corrected chi connectivity index (χ3v) is 4.51. The van der Waals surface area contributed by atoms with Gasteiger partial charge < -0.3 is 20.2 Å². The minimum Gasteiger partial charge on any atom is -0.494 e. The zero-order valence-electron chi connectivity index (χ0n) is 13.3. The molecule has 130 valence electrons. The van der Waals surface area contributed by atoms with E-state index in [0.29, 0.717) is 28.4 Å². The number of amides is 1. The molecule has 0 spiro atoms. The smallest absolute Gasteiger partial charge is 0.258 e. The first-order chi connectivity index (χ1) is 11.4. The summed E-state index contributed by atoms with van der Waals surface area (Å²) in [4.78, 5) is 12.1. The number of furan rings is 1. The van der Waals surface area contributed by atoms with Gasteiger partial charge in [-0.05, 0) is 25.1 Å². The second-order valence-electron chi connectivity index (χ2n) is 4.88. The van der Waals surface area contributed by atoms with Crippen molar-refractivity contribution in [2.24, 2.45) is 5.73 Å². The molecule has 1 amide bonds. The molecule has 0 saturated carbocycles. The number of anilines is 2. The van der Waals surface area contributed by atoms with Gasteiger partial charge in [0.15, 0.2) is 0 Å². The van der Waals surface area contributed by atoms with E-state index in [-0.39, 0.29) is 18.2 Å². The van der Waals surface area contributed by atoms with Crippen molar-refractivity contribution in [3.8, 4) is 5.75 Å². The van der Waals surface area contributed by atoms with Gasteiger partial charge in [-0.3, -0.25) is 9.52 Å². The summed E-state index contributed by atoms with van der Waals surface area (Å²) in [7, 11) is -2.01. The molecule has 0 fully saturated rings. The molecule has 1 heterocycles. The van der Waals surface area contributed by atoms with Crippen LogP contribution in [0.25, 0.3) is 0 Å². The molecule has 2 rings (SSSR count). The summed E-state index contributed by atoms with van der Waals surface area (Å²) >= 11 is 0. The van der Waals surface area contributed by atoms with Gasteiger partial charge in [0.1, 0.15) is 17.8 Å². The molecule has 0 unspecified atom stereocenters. The van der Waals surface area contributed by atoms with Crippen LogP contribution in [0.4, 0.5) is 11.4 Å². The van der Waals surface area contributed by atoms with Crippen LogP contribution in [-0.4, -0.2) is 27.2 Å². The van der Waals surface area contributed by atoms with Crippen LogP contribution in [0.15, 0.2) is 34.9 Å². The number of hydrogen-bond donors (Lipinski definition) is 3. The molecule has 0 saturated heterocycles. The van der Waals surface area contributed by atoms with E-state index in [4.69, 9.17) is 14.9 Å². The first-order valence-electron chi connectivity index (χ1n) is 7.16. The fraction of sp³-hybridized carbons (Fsp3) is 0.267. The van der Waals surface area contributed by atoms with Gasteiger partial charge in [-0.2, -0.15) is 0 Å². The number of sulfonamides is 1. The molecule has 4 N–H and O–H groups in total. The predicted octanol–water partition coefficient (Wildman–Crippen LogP) is 1.76. The van der Waals surface area contributed by atoms with Crippen molar-refractivity contribution >= 4 is 27.3 Å². The minimum atomic E-state index is -3.43. The average molecular weight is 353 g/mol. The van der Waals surface area contributed by atoms with E-state index in [1.54, 1.807) is 12.1 Å². The molecular weight excluding hydrogens is 334 g/mol. The van der Waals surface area contributed by atoms with Crippen LogP contribution in [0.3, 0.4) is 0 Å². The maximum absolute atomic E-state index is 12.1. The van der Waals surface area contributed by atoms with Gasteiger partial charge in [-0.1, -0.05) is 0 Å². The Hall–Kier alpha value is -2.52. The maximum atomic E-state index is 12.1. The number of ether oxygens (including phenoxy) is 1. The molecule has 0 aliphatic heterocycles. The van der Waals surface area contributed by atoms with Crippen LogP contribution in [0.1, 0.15) is 23.0 Å². The number of rotatable bonds is 7. The predicted molar refractivity (Wildman–Crippen MR) is 90.6 cm³/mol. The lowest BCUT2D eigenvalue weighted by Gasteiger charge is -2.12. The van der Waals surface area contributed by atoms with Gasteiger partial charge in [0.2, 0.25) is 10.0 Å². The van der Waals surface area contributed by atoms with Crippen LogP contribution in [0.2, 0.25) is 0 Å². The molecule has 24 heavy (non-hydrogen) atoms. The highest BCUT2D eigenvalue weighted by Crippen LogP contribution is 2.29. The van der Waals surface area contributed by atoms with Crippen molar-refractivity contribution in [1.82, 2.24) is 0 Å². The highest BCUT2D eigenvalue weighted by atomic mass is 32.2. The van der Waals surface area contributed by atoms with E-state index in [0.717, 1.165) is 0 Å². The van der Waals surface area contributed by atoms with Gasteiger partial charge in [-0.15, -0.1) is 0 Å². The van der Waals surface area contributed by atoms with Crippen molar-refractivity contribution in [3.63, 3.8) is 0 Å². The Balaban J connectivity index is 2.18. The molecule has 2 aromatic rings. The number of carbonyl (C=O) groups excluding carboxylic acids is 1. The number of hydrogen-bond acceptors (Lipinski definition) is 6. The standard InChI is InChI=1S/C15H19N3O5S/c1-3-24(20,21)18-13-5-4-11(7-14(13)22-2)17-15(19)10-6-12(8-16)23-9-10/h4-7,9,18H,3,8,16H2,1-2H3,(H,17,19). The molecule has 8 nitrogen and oxygen atoms in total. The maximum Gasteiger partial charge on any atom is 0.258 e. The lowest BCUT2D eigenvalue weighted by Crippen LogP contribution is -2.15. The summed E-state index contributed by atoms with van der Waals surface area (Å²) in [5.41, 5.74) is 6.52. The van der Waals surface area contributed by atoms with E-state index in [1.165, 1.54) is 32.4 Å². The quantitative estimate of drug-likeness (QED) is 0.697. The molecule has 0 aliphatic carbocycles. The van der Waals surface area contributed by atoms with Gasteiger partial charge >= 0.3 is 0 Å². The minimum absolute atomic E-state index is 0.0569. The molecule has 0 aliphatic rings. The number of nitrogens with two attached hydrogens (primary N) is 1. The fourth-order valence-corrected chi connectivity index (χ4v) is 2.55. The summed E-state index contributed by atoms with van der Waals surface area (Å²) in [6, 6.07) is 6.16. The SMILES string of the molecule is CCS(=O)(=O)Nc1ccc(NC(=O)c2coc(CN)c2)cc1OC. The van der Waals surface area contributed by atoms with Crippen LogP contribution < -0.4 is 20.5 Å². The first-order valence-corrected chi connectivity index (χ1v) is 8.81. The lowest BCUT2D eigenvalue weighted by atomic mass is 10.2. The molecule has 1 aromatic heterocycles. The zero-order valence-corrected chi connectivity index (χ0v) is 14.1. The van der Waals surface area contributed by atoms with E-state index >= 15 is 0 Å². The molecular formula is C15H19N3O5S. The zero-order chi connectivity index (χ0) is 17.7. The molecule has 1 aromatic carbocycles. The third-order valence-electron chi connectivity index (χ3n) is 3.22. The lowest BCUT2D eigenvalue weighted by molar-refractivity contribution is 0.102. The van der Waals surface area contributed by atoms with E-state index in [9.17, 15) is 13.2 Å². The van der Waals surface area contributed by atoms with Gasteiger partial charge in [0.25, 0.3) is 5.91 Å². The van der Waals surface area contributed by atoms with Crippen molar-refractivity contribution in [2.45, 2.75) is 13.5 Å². The van der Waals surface area contributed by atoms with E-state index in [1.807, 2.05) is 0 Å². The van der Waals surface area contributed by atoms with E-state index in [2.05, 4.69) is 10.0 Å². The van der Waals surface area contributed by atoms with Crippen LogP contribution >= 0.6 is 0 Å². The van der Waals surface area contributed by atoms with Crippen LogP contribution in [0, 0.1) is 0 Å². The van der Waals surface area contributed by atoms with E-state index < -0.39 is 10.0 Å². The van der Waals surface area contributed by atoms with Crippen molar-refractivity contribution in [2.75, 3.05) is 22.9 Å². The Morgan fingerprint density at radius 1 is 1.33 bits per heavy atom. The second-order valence-corrected chi connectivity index (χ2v) is 6.89. The molecule has 0 bridgehead atoms. The Kier molecular flexibility index (Phi) is 5.47. The Morgan fingerprint density at radius 2 is 2.08 bits per heavy atom. The number of nitrogens with one attached hydrogen (secondary N) is 2. The topological polar surface area (TPSA) is 124 Å². The summed E-state index contributed by atoms with van der Waals surface area (Å²) in [5.74, 6) is 0.364. The number of benzene rings is 1. The summed E-state index contributed by atoms with van der Waals surface area (Å²) in [5, 5.41) is 2.68. The van der Waals surface area contributed by atoms with Gasteiger partial charge in [0, 0.05) is 11.8 Å². The van der Waals surface area contributed by atoms with Crippen LogP contribution in [0.5, 0.6) is 5.75 Å². The molecule has 0 radical (unpaired) electrons.